The first-order valence-electron chi connectivity index (χ1n) is 6.54. The number of nitrogens with one attached hydrogen (secondary N) is 1. The van der Waals surface area contributed by atoms with Gasteiger partial charge >= 0.3 is 0 Å². The van der Waals surface area contributed by atoms with Crippen LogP contribution in [0.3, 0.4) is 0 Å². The van der Waals surface area contributed by atoms with Crippen LogP contribution in [0, 0.1) is 4.77 Å². The molecule has 0 amide bonds. The van der Waals surface area contributed by atoms with E-state index in [2.05, 4.69) is 40.5 Å². The lowest BCUT2D eigenvalue weighted by atomic mass is 10.1. The molecule has 2 aromatic heterocycles. The Bertz CT molecular complexity index is 959. The second-order valence-corrected chi connectivity index (χ2v) is 6.00. The smallest absolute Gasteiger partial charge is 0.200 e. The highest BCUT2D eigenvalue weighted by Crippen LogP contribution is 2.29. The van der Waals surface area contributed by atoms with Gasteiger partial charge in [-0.05, 0) is 35.1 Å². The van der Waals surface area contributed by atoms with Gasteiger partial charge in [-0.15, -0.1) is 11.3 Å². The van der Waals surface area contributed by atoms with Gasteiger partial charge < -0.3 is 0 Å². The lowest BCUT2D eigenvalue weighted by molar-refractivity contribution is 1.05. The van der Waals surface area contributed by atoms with Crippen LogP contribution in [0.25, 0.3) is 27.2 Å². The maximum Gasteiger partial charge on any atom is 0.200 e. The van der Waals surface area contributed by atoms with Crippen molar-refractivity contribution in [3.05, 3.63) is 64.7 Å². The maximum atomic E-state index is 5.44. The van der Waals surface area contributed by atoms with Crippen molar-refractivity contribution in [3.8, 4) is 16.4 Å². The second kappa shape index (κ2) is 4.95. The number of rotatable bonds is 2. The number of H-pyrrole nitrogens is 1. The van der Waals surface area contributed by atoms with Crippen molar-refractivity contribution < 1.29 is 0 Å². The van der Waals surface area contributed by atoms with Crippen molar-refractivity contribution in [1.82, 2.24) is 14.8 Å². The molecular formula is C16H11N3S2. The summed E-state index contributed by atoms with van der Waals surface area (Å²) in [7, 11) is 0. The van der Waals surface area contributed by atoms with E-state index in [1.807, 2.05) is 34.2 Å². The Labute approximate surface area is 130 Å². The Hall–Kier alpha value is -2.24. The quantitative estimate of drug-likeness (QED) is 0.539. The minimum atomic E-state index is 0.606. The molecule has 5 heteroatoms. The van der Waals surface area contributed by atoms with Crippen LogP contribution in [-0.4, -0.2) is 14.8 Å². The summed E-state index contributed by atoms with van der Waals surface area (Å²) >= 11 is 7.10. The van der Waals surface area contributed by atoms with E-state index in [1.54, 1.807) is 11.3 Å². The van der Waals surface area contributed by atoms with Crippen LogP contribution in [0.1, 0.15) is 0 Å². The fourth-order valence-electron chi connectivity index (χ4n) is 2.49. The molecule has 0 radical (unpaired) electrons. The van der Waals surface area contributed by atoms with Gasteiger partial charge in [-0.1, -0.05) is 42.5 Å². The second-order valence-electron chi connectivity index (χ2n) is 4.66. The largest absolute Gasteiger partial charge is 0.267 e. The molecule has 1 N–H and O–H groups in total. The monoisotopic (exact) mass is 309 g/mol. The van der Waals surface area contributed by atoms with Crippen LogP contribution in [-0.2, 0) is 0 Å². The molecule has 3 nitrogen and oxygen atoms in total. The Kier molecular flexibility index (Phi) is 2.94. The van der Waals surface area contributed by atoms with Crippen LogP contribution >= 0.6 is 23.6 Å². The van der Waals surface area contributed by atoms with Gasteiger partial charge in [0.1, 0.15) is 0 Å². The third-order valence-electron chi connectivity index (χ3n) is 3.42. The van der Waals surface area contributed by atoms with E-state index in [0.717, 1.165) is 21.8 Å². The number of thiophene rings is 1. The highest BCUT2D eigenvalue weighted by Gasteiger charge is 2.13. The highest BCUT2D eigenvalue weighted by atomic mass is 32.1. The van der Waals surface area contributed by atoms with Gasteiger partial charge in [-0.25, -0.2) is 0 Å². The standard InChI is InChI=1S/C16H11N3S2/c20-16-18-17-15(14-9-4-10-21-14)19(16)13-8-3-6-11-5-1-2-7-12(11)13/h1-10H,(H,18,20). The number of nitrogens with zero attached hydrogens (tertiary/aromatic N) is 2. The van der Waals surface area contributed by atoms with Gasteiger partial charge in [0, 0.05) is 5.39 Å². The van der Waals surface area contributed by atoms with Gasteiger partial charge in [0.25, 0.3) is 0 Å². The summed E-state index contributed by atoms with van der Waals surface area (Å²) in [6.07, 6.45) is 0. The number of hydrogen-bond donors (Lipinski definition) is 1. The van der Waals surface area contributed by atoms with Crippen molar-refractivity contribution in [2.45, 2.75) is 0 Å². The van der Waals surface area contributed by atoms with E-state index < -0.39 is 0 Å². The molecule has 2 aromatic carbocycles. The normalized spacial score (nSPS) is 11.0. The Morgan fingerprint density at radius 2 is 1.86 bits per heavy atom. The zero-order valence-electron chi connectivity index (χ0n) is 11.0. The first-order chi connectivity index (χ1) is 10.3. The fourth-order valence-corrected chi connectivity index (χ4v) is 3.43. The van der Waals surface area contributed by atoms with Crippen LogP contribution in [0.2, 0.25) is 0 Å². The summed E-state index contributed by atoms with van der Waals surface area (Å²) in [6.45, 7) is 0. The third kappa shape index (κ3) is 2.02. The van der Waals surface area contributed by atoms with E-state index in [1.165, 1.54) is 5.39 Å². The van der Waals surface area contributed by atoms with Gasteiger partial charge in [0.2, 0.25) is 0 Å². The SMILES string of the molecule is S=c1[nH]nc(-c2cccs2)n1-c1cccc2ccccc12. The fraction of sp³-hybridized carbons (Fsp3) is 0. The van der Waals surface area contributed by atoms with Gasteiger partial charge in [0.15, 0.2) is 10.6 Å². The molecule has 102 valence electrons. The van der Waals surface area contributed by atoms with Crippen molar-refractivity contribution in [3.63, 3.8) is 0 Å². The lowest BCUT2D eigenvalue weighted by Gasteiger charge is -2.09. The highest BCUT2D eigenvalue weighted by molar-refractivity contribution is 7.71. The summed E-state index contributed by atoms with van der Waals surface area (Å²) in [6, 6.07) is 18.6. The number of hydrogen-bond acceptors (Lipinski definition) is 3. The van der Waals surface area contributed by atoms with Gasteiger partial charge in [-0.3, -0.25) is 9.67 Å². The molecule has 0 aliphatic heterocycles. The molecular weight excluding hydrogens is 298 g/mol. The molecule has 0 spiro atoms. The van der Waals surface area contributed by atoms with Gasteiger partial charge in [-0.2, -0.15) is 5.10 Å². The lowest BCUT2D eigenvalue weighted by Crippen LogP contribution is -1.97. The molecule has 0 atom stereocenters. The molecule has 2 heterocycles. The van der Waals surface area contributed by atoms with Crippen molar-refractivity contribution in [2.24, 2.45) is 0 Å². The minimum Gasteiger partial charge on any atom is -0.267 e. The number of benzene rings is 2. The zero-order chi connectivity index (χ0) is 14.2. The summed E-state index contributed by atoms with van der Waals surface area (Å²) in [5, 5.41) is 11.7. The molecule has 4 aromatic rings. The van der Waals surface area contributed by atoms with Gasteiger partial charge in [0.05, 0.1) is 10.6 Å². The van der Waals surface area contributed by atoms with Crippen LogP contribution in [0.15, 0.2) is 60.0 Å². The summed E-state index contributed by atoms with van der Waals surface area (Å²) in [5.41, 5.74) is 1.05. The maximum absolute atomic E-state index is 5.44. The molecule has 0 unspecified atom stereocenters. The number of aromatic nitrogens is 3. The number of fused-ring (bicyclic) bond motifs is 1. The number of aromatic amines is 1. The average Bonchev–Trinajstić information content (AvgIpc) is 3.16. The average molecular weight is 309 g/mol. The molecule has 4 rings (SSSR count). The van der Waals surface area contributed by atoms with E-state index in [4.69, 9.17) is 12.2 Å². The van der Waals surface area contributed by atoms with Crippen molar-refractivity contribution >= 4 is 34.3 Å². The molecule has 21 heavy (non-hydrogen) atoms. The Morgan fingerprint density at radius 1 is 1.00 bits per heavy atom. The first-order valence-corrected chi connectivity index (χ1v) is 7.83. The molecule has 0 aliphatic rings. The molecule has 0 saturated heterocycles. The predicted molar refractivity (Wildman–Crippen MR) is 89.6 cm³/mol. The topological polar surface area (TPSA) is 33.6 Å². The zero-order valence-corrected chi connectivity index (χ0v) is 12.6. The first kappa shape index (κ1) is 12.5. The summed E-state index contributed by atoms with van der Waals surface area (Å²) in [5.74, 6) is 0.853. The molecule has 0 bridgehead atoms. The Morgan fingerprint density at radius 3 is 2.71 bits per heavy atom. The van der Waals surface area contributed by atoms with Crippen LogP contribution < -0.4 is 0 Å². The van der Waals surface area contributed by atoms with E-state index in [-0.39, 0.29) is 0 Å². The van der Waals surface area contributed by atoms with Crippen molar-refractivity contribution in [1.29, 1.82) is 0 Å². The van der Waals surface area contributed by atoms with E-state index in [9.17, 15) is 0 Å². The van der Waals surface area contributed by atoms with Crippen LogP contribution in [0.4, 0.5) is 0 Å². The predicted octanol–water partition coefficient (Wildman–Crippen LogP) is 4.81. The summed E-state index contributed by atoms with van der Waals surface area (Å²) < 4.78 is 2.61. The van der Waals surface area contributed by atoms with E-state index >= 15 is 0 Å². The molecule has 0 fully saturated rings. The van der Waals surface area contributed by atoms with E-state index in [0.29, 0.717) is 4.77 Å². The van der Waals surface area contributed by atoms with Crippen LogP contribution in [0.5, 0.6) is 0 Å². The third-order valence-corrected chi connectivity index (χ3v) is 4.56. The minimum absolute atomic E-state index is 0.606. The molecule has 0 aliphatic carbocycles. The molecule has 0 saturated carbocycles. The van der Waals surface area contributed by atoms with Crippen molar-refractivity contribution in [2.75, 3.05) is 0 Å². The Balaban J connectivity index is 2.06. The summed E-state index contributed by atoms with van der Waals surface area (Å²) in [4.78, 5) is 1.09.